The monoisotopic (exact) mass is 361 g/mol. The number of benzene rings is 1. The number of rotatable bonds is 2. The van der Waals surface area contributed by atoms with Gasteiger partial charge in [-0.15, -0.1) is 0 Å². The Balaban J connectivity index is 1.40. The van der Waals surface area contributed by atoms with Crippen LogP contribution in [0.3, 0.4) is 0 Å². The summed E-state index contributed by atoms with van der Waals surface area (Å²) in [6, 6.07) is 4.58. The first-order valence-electron chi connectivity index (χ1n) is 7.70. The molecule has 0 radical (unpaired) electrons. The predicted molar refractivity (Wildman–Crippen MR) is 75.4 cm³/mol. The molecule has 1 spiro atoms. The fraction of sp³-hybridized carbons (Fsp3) is 0.600. The molecule has 1 aromatic carbocycles. The number of epoxide rings is 1. The Morgan fingerprint density at radius 1 is 1.25 bits per heavy atom. The second-order valence-corrected chi connectivity index (χ2v) is 8.98. The van der Waals surface area contributed by atoms with Gasteiger partial charge in [0, 0.05) is 13.1 Å². The molecule has 4 aliphatic rings. The van der Waals surface area contributed by atoms with Crippen LogP contribution in [0.2, 0.25) is 0 Å². The number of hydrogen-bond donors (Lipinski definition) is 0. The maximum Gasteiger partial charge on any atom is 0.416 e. The predicted octanol–water partition coefficient (Wildman–Crippen LogP) is 1.53. The summed E-state index contributed by atoms with van der Waals surface area (Å²) < 4.78 is 76.2. The molecule has 0 N–H and O–H groups in total. The van der Waals surface area contributed by atoms with Crippen LogP contribution < -0.4 is 0 Å². The summed E-state index contributed by atoms with van der Waals surface area (Å²) in [4.78, 5) is 0. The molecule has 0 amide bonds. The van der Waals surface area contributed by atoms with E-state index in [2.05, 4.69) is 0 Å². The molecule has 1 aromatic rings. The third-order valence-corrected chi connectivity index (χ3v) is 7.81. The largest absolute Gasteiger partial charge is 0.416 e. The SMILES string of the molecule is O=S1(=O)[C@H]2C[C@H]3O[C@]2(CN1Cc1ccc(C(F)(F)F)cc1)[C@@H]1O[C@@H]13. The van der Waals surface area contributed by atoms with Crippen LogP contribution in [0.5, 0.6) is 0 Å². The first-order chi connectivity index (χ1) is 11.2. The molecule has 5 nitrogen and oxygen atoms in total. The maximum atomic E-state index is 12.8. The number of halogens is 3. The van der Waals surface area contributed by atoms with E-state index in [1.165, 1.54) is 16.4 Å². The summed E-state index contributed by atoms with van der Waals surface area (Å²) in [6.45, 7) is 0.253. The van der Waals surface area contributed by atoms with Crippen LogP contribution >= 0.6 is 0 Å². The van der Waals surface area contributed by atoms with Gasteiger partial charge in [0.05, 0.1) is 11.7 Å². The van der Waals surface area contributed by atoms with Crippen LogP contribution in [0.1, 0.15) is 17.5 Å². The number of sulfonamides is 1. The summed E-state index contributed by atoms with van der Waals surface area (Å²) in [5, 5.41) is -0.604. The van der Waals surface area contributed by atoms with E-state index in [1.54, 1.807) is 0 Å². The van der Waals surface area contributed by atoms with Crippen LogP contribution in [-0.2, 0) is 32.2 Å². The third-order valence-electron chi connectivity index (χ3n) is 5.52. The van der Waals surface area contributed by atoms with E-state index >= 15 is 0 Å². The second-order valence-electron chi connectivity index (χ2n) is 6.86. The third kappa shape index (κ3) is 1.84. The smallest absolute Gasteiger partial charge is 0.364 e. The molecule has 2 bridgehead atoms. The molecule has 4 aliphatic heterocycles. The van der Waals surface area contributed by atoms with Gasteiger partial charge in [-0.05, 0) is 24.1 Å². The molecule has 24 heavy (non-hydrogen) atoms. The maximum absolute atomic E-state index is 12.8. The average Bonchev–Trinajstić information content (AvgIpc) is 3.11. The zero-order valence-corrected chi connectivity index (χ0v) is 13.2. The standard InChI is InChI=1S/C15H14F3NO4S/c16-15(17,18)9-3-1-8(2-4-9)6-19-7-14-11(24(19,20)21)5-10(23-14)12-13(14)22-12/h1-4,10-13H,5-7H2/t10-,11+,12-,13-,14+/m1/s1. The molecule has 0 aliphatic carbocycles. The molecule has 5 rings (SSSR count). The highest BCUT2D eigenvalue weighted by Crippen LogP contribution is 2.60. The topological polar surface area (TPSA) is 59.1 Å². The lowest BCUT2D eigenvalue weighted by Crippen LogP contribution is -2.44. The summed E-state index contributed by atoms with van der Waals surface area (Å²) in [6.07, 6.45) is -4.24. The fourth-order valence-corrected chi connectivity index (χ4v) is 6.64. The molecule has 130 valence electrons. The molecular formula is C15H14F3NO4S. The Hall–Kier alpha value is -1.16. The van der Waals surface area contributed by atoms with Gasteiger partial charge in [0.2, 0.25) is 10.0 Å². The van der Waals surface area contributed by atoms with Gasteiger partial charge in [0.15, 0.2) is 0 Å². The first-order valence-corrected chi connectivity index (χ1v) is 9.20. The summed E-state index contributed by atoms with van der Waals surface area (Å²) in [5.41, 5.74) is -1.02. The molecule has 4 saturated heterocycles. The summed E-state index contributed by atoms with van der Waals surface area (Å²) >= 11 is 0. The van der Waals surface area contributed by atoms with Gasteiger partial charge < -0.3 is 9.47 Å². The van der Waals surface area contributed by atoms with Crippen molar-refractivity contribution >= 4 is 10.0 Å². The number of nitrogens with zero attached hydrogens (tertiary/aromatic N) is 1. The highest BCUT2D eigenvalue weighted by Gasteiger charge is 2.79. The lowest BCUT2D eigenvalue weighted by molar-refractivity contribution is -0.137. The number of hydrogen-bond acceptors (Lipinski definition) is 4. The van der Waals surface area contributed by atoms with E-state index < -0.39 is 32.6 Å². The minimum absolute atomic E-state index is 0.0162. The van der Waals surface area contributed by atoms with E-state index in [-0.39, 0.29) is 31.4 Å². The van der Waals surface area contributed by atoms with E-state index in [9.17, 15) is 21.6 Å². The Labute approximate surface area is 136 Å². The van der Waals surface area contributed by atoms with Crippen LogP contribution in [0.4, 0.5) is 13.2 Å². The van der Waals surface area contributed by atoms with Crippen molar-refractivity contribution in [1.82, 2.24) is 4.31 Å². The molecule has 4 heterocycles. The zero-order valence-electron chi connectivity index (χ0n) is 12.4. The lowest BCUT2D eigenvalue weighted by Gasteiger charge is -2.22. The van der Waals surface area contributed by atoms with Crippen LogP contribution in [0, 0.1) is 0 Å². The van der Waals surface area contributed by atoms with Crippen molar-refractivity contribution in [3.05, 3.63) is 35.4 Å². The second kappa shape index (κ2) is 4.32. The van der Waals surface area contributed by atoms with E-state index in [4.69, 9.17) is 9.47 Å². The van der Waals surface area contributed by atoms with E-state index in [0.29, 0.717) is 12.0 Å². The summed E-state index contributed by atoms with van der Waals surface area (Å²) in [5.74, 6) is 0. The molecular weight excluding hydrogens is 347 g/mol. The number of fused-ring (bicyclic) bond motifs is 3. The highest BCUT2D eigenvalue weighted by molar-refractivity contribution is 7.90. The fourth-order valence-electron chi connectivity index (χ4n) is 4.36. The van der Waals surface area contributed by atoms with Crippen molar-refractivity contribution in [3.8, 4) is 0 Å². The van der Waals surface area contributed by atoms with Gasteiger partial charge >= 0.3 is 6.18 Å². The van der Waals surface area contributed by atoms with Crippen LogP contribution in [0.15, 0.2) is 24.3 Å². The van der Waals surface area contributed by atoms with Crippen LogP contribution in [0.25, 0.3) is 0 Å². The molecule has 9 heteroatoms. The van der Waals surface area contributed by atoms with Crippen molar-refractivity contribution in [2.45, 2.75) is 48.3 Å². The van der Waals surface area contributed by atoms with Crippen molar-refractivity contribution in [2.75, 3.05) is 6.54 Å². The Bertz CT molecular complexity index is 809. The Morgan fingerprint density at radius 3 is 2.58 bits per heavy atom. The molecule has 4 fully saturated rings. The van der Waals surface area contributed by atoms with Crippen molar-refractivity contribution < 1.29 is 31.1 Å². The lowest BCUT2D eigenvalue weighted by atomic mass is 9.88. The number of alkyl halides is 3. The zero-order chi connectivity index (χ0) is 16.9. The Morgan fingerprint density at radius 2 is 1.96 bits per heavy atom. The molecule has 0 aromatic heterocycles. The highest BCUT2D eigenvalue weighted by atomic mass is 32.2. The number of ether oxygens (including phenoxy) is 2. The average molecular weight is 361 g/mol. The van der Waals surface area contributed by atoms with Crippen LogP contribution in [-0.4, -0.2) is 48.4 Å². The van der Waals surface area contributed by atoms with Gasteiger partial charge in [0.25, 0.3) is 0 Å². The molecule has 0 saturated carbocycles. The normalized spacial score (nSPS) is 42.1. The minimum Gasteiger partial charge on any atom is -0.364 e. The van der Waals surface area contributed by atoms with Gasteiger partial charge in [-0.25, -0.2) is 8.42 Å². The van der Waals surface area contributed by atoms with Crippen molar-refractivity contribution in [1.29, 1.82) is 0 Å². The summed E-state index contributed by atoms with van der Waals surface area (Å²) in [7, 11) is -3.54. The Kier molecular flexibility index (Phi) is 2.72. The van der Waals surface area contributed by atoms with Crippen molar-refractivity contribution in [2.24, 2.45) is 0 Å². The van der Waals surface area contributed by atoms with E-state index in [1.807, 2.05) is 0 Å². The van der Waals surface area contributed by atoms with Gasteiger partial charge in [-0.3, -0.25) is 0 Å². The quantitative estimate of drug-likeness (QED) is 0.750. The first kappa shape index (κ1) is 15.1. The molecule has 5 atom stereocenters. The van der Waals surface area contributed by atoms with E-state index in [0.717, 1.165) is 12.1 Å². The van der Waals surface area contributed by atoms with Gasteiger partial charge in [-0.1, -0.05) is 12.1 Å². The minimum atomic E-state index is -4.40. The van der Waals surface area contributed by atoms with Crippen molar-refractivity contribution in [3.63, 3.8) is 0 Å². The van der Waals surface area contributed by atoms with Gasteiger partial charge in [0.1, 0.15) is 23.1 Å². The molecule has 0 unspecified atom stereocenters. The van der Waals surface area contributed by atoms with Gasteiger partial charge in [-0.2, -0.15) is 17.5 Å².